The standard InChI is InChI=1S/C18H15ClO4/c1-11-6-18(20)23-16-9-17(15(19)8-14(11)16)22-10-12-4-3-5-13(7-12)21-2/h3-9H,10H2,1-2H3. The summed E-state index contributed by atoms with van der Waals surface area (Å²) < 4.78 is 16.2. The lowest BCUT2D eigenvalue weighted by atomic mass is 10.1. The van der Waals surface area contributed by atoms with E-state index in [1.807, 2.05) is 31.2 Å². The first-order chi connectivity index (χ1) is 11.1. The summed E-state index contributed by atoms with van der Waals surface area (Å²) in [6.07, 6.45) is 0. The Kier molecular flexibility index (Phi) is 4.26. The molecule has 0 radical (unpaired) electrons. The lowest BCUT2D eigenvalue weighted by Crippen LogP contribution is -2.00. The number of benzene rings is 2. The zero-order valence-electron chi connectivity index (χ0n) is 12.8. The Bertz CT molecular complexity index is 915. The van der Waals surface area contributed by atoms with E-state index in [1.165, 1.54) is 6.07 Å². The summed E-state index contributed by atoms with van der Waals surface area (Å²) in [6, 6.07) is 12.4. The normalized spacial score (nSPS) is 10.7. The van der Waals surface area contributed by atoms with Gasteiger partial charge in [-0.1, -0.05) is 23.7 Å². The number of rotatable bonds is 4. The van der Waals surface area contributed by atoms with Gasteiger partial charge in [0.15, 0.2) is 0 Å². The molecule has 0 aliphatic heterocycles. The Labute approximate surface area is 138 Å². The Hall–Kier alpha value is -2.46. The van der Waals surface area contributed by atoms with Crippen LogP contribution in [0.2, 0.25) is 5.02 Å². The number of halogens is 1. The fraction of sp³-hybridized carbons (Fsp3) is 0.167. The van der Waals surface area contributed by atoms with E-state index in [9.17, 15) is 4.79 Å². The zero-order valence-corrected chi connectivity index (χ0v) is 13.5. The van der Waals surface area contributed by atoms with Gasteiger partial charge in [-0.05, 0) is 36.2 Å². The molecule has 0 unspecified atom stereocenters. The molecule has 3 rings (SSSR count). The summed E-state index contributed by atoms with van der Waals surface area (Å²) >= 11 is 6.27. The van der Waals surface area contributed by atoms with Gasteiger partial charge in [0.2, 0.25) is 0 Å². The van der Waals surface area contributed by atoms with Crippen molar-refractivity contribution in [3.8, 4) is 11.5 Å². The predicted octanol–water partition coefficient (Wildman–Crippen LogP) is 4.34. The largest absolute Gasteiger partial charge is 0.497 e. The minimum Gasteiger partial charge on any atom is -0.497 e. The van der Waals surface area contributed by atoms with Gasteiger partial charge in [-0.2, -0.15) is 0 Å². The molecule has 0 spiro atoms. The number of hydrogen-bond donors (Lipinski definition) is 0. The molecule has 1 aromatic heterocycles. The Morgan fingerprint density at radius 3 is 2.78 bits per heavy atom. The van der Waals surface area contributed by atoms with Crippen molar-refractivity contribution in [2.75, 3.05) is 7.11 Å². The third-order valence-corrected chi connectivity index (χ3v) is 3.83. The van der Waals surface area contributed by atoms with E-state index in [2.05, 4.69) is 0 Å². The first kappa shape index (κ1) is 15.4. The Balaban J connectivity index is 1.90. The monoisotopic (exact) mass is 330 g/mol. The quantitative estimate of drug-likeness (QED) is 0.668. The summed E-state index contributed by atoms with van der Waals surface area (Å²) in [5, 5.41) is 1.26. The molecule has 2 aromatic carbocycles. The second kappa shape index (κ2) is 6.34. The third kappa shape index (κ3) is 3.32. The highest BCUT2D eigenvalue weighted by Gasteiger charge is 2.09. The maximum absolute atomic E-state index is 11.5. The Morgan fingerprint density at radius 1 is 1.17 bits per heavy atom. The van der Waals surface area contributed by atoms with Crippen LogP contribution in [0.4, 0.5) is 0 Å². The molecule has 0 bridgehead atoms. The van der Waals surface area contributed by atoms with E-state index >= 15 is 0 Å². The molecule has 4 nitrogen and oxygen atoms in total. The molecule has 0 atom stereocenters. The molecule has 5 heteroatoms. The van der Waals surface area contributed by atoms with E-state index < -0.39 is 5.63 Å². The summed E-state index contributed by atoms with van der Waals surface area (Å²) in [5.41, 5.74) is 1.83. The van der Waals surface area contributed by atoms with E-state index in [1.54, 1.807) is 19.2 Å². The van der Waals surface area contributed by atoms with Gasteiger partial charge < -0.3 is 13.9 Å². The second-order valence-electron chi connectivity index (χ2n) is 5.17. The van der Waals surface area contributed by atoms with E-state index in [4.69, 9.17) is 25.5 Å². The number of hydrogen-bond acceptors (Lipinski definition) is 4. The van der Waals surface area contributed by atoms with Crippen molar-refractivity contribution in [2.24, 2.45) is 0 Å². The number of fused-ring (bicyclic) bond motifs is 1. The number of ether oxygens (including phenoxy) is 2. The average Bonchev–Trinajstić information content (AvgIpc) is 2.54. The van der Waals surface area contributed by atoms with Crippen molar-refractivity contribution in [3.63, 3.8) is 0 Å². The molecular weight excluding hydrogens is 316 g/mol. The van der Waals surface area contributed by atoms with E-state index in [0.29, 0.717) is 23.0 Å². The van der Waals surface area contributed by atoms with Crippen LogP contribution >= 0.6 is 11.6 Å². The molecule has 0 fully saturated rings. The molecule has 0 saturated heterocycles. The predicted molar refractivity (Wildman–Crippen MR) is 89.6 cm³/mol. The first-order valence-corrected chi connectivity index (χ1v) is 7.44. The molecule has 118 valence electrons. The van der Waals surface area contributed by atoms with Gasteiger partial charge in [0.05, 0.1) is 12.1 Å². The van der Waals surface area contributed by atoms with Crippen molar-refractivity contribution in [2.45, 2.75) is 13.5 Å². The van der Waals surface area contributed by atoms with Crippen molar-refractivity contribution >= 4 is 22.6 Å². The summed E-state index contributed by atoms with van der Waals surface area (Å²) in [6.45, 7) is 2.17. The minimum atomic E-state index is -0.393. The fourth-order valence-corrected chi connectivity index (χ4v) is 2.57. The summed E-state index contributed by atoms with van der Waals surface area (Å²) in [4.78, 5) is 11.5. The Morgan fingerprint density at radius 2 is 2.00 bits per heavy atom. The van der Waals surface area contributed by atoms with Crippen molar-refractivity contribution in [1.82, 2.24) is 0 Å². The van der Waals surface area contributed by atoms with Crippen LogP contribution in [0.15, 0.2) is 51.7 Å². The summed E-state index contributed by atoms with van der Waals surface area (Å²) in [5.74, 6) is 1.23. The number of methoxy groups -OCH3 is 1. The van der Waals surface area contributed by atoms with Crippen LogP contribution in [-0.2, 0) is 6.61 Å². The van der Waals surface area contributed by atoms with Crippen molar-refractivity contribution < 1.29 is 13.9 Å². The maximum Gasteiger partial charge on any atom is 0.336 e. The molecule has 0 N–H and O–H groups in total. The van der Waals surface area contributed by atoms with Gasteiger partial charge >= 0.3 is 5.63 Å². The zero-order chi connectivity index (χ0) is 16.4. The molecule has 0 saturated carbocycles. The van der Waals surface area contributed by atoms with Crippen LogP contribution in [-0.4, -0.2) is 7.11 Å². The van der Waals surface area contributed by atoms with Crippen LogP contribution in [0.3, 0.4) is 0 Å². The van der Waals surface area contributed by atoms with Crippen LogP contribution in [0.1, 0.15) is 11.1 Å². The summed E-state index contributed by atoms with van der Waals surface area (Å²) in [7, 11) is 1.62. The van der Waals surface area contributed by atoms with Gasteiger partial charge in [-0.25, -0.2) is 4.79 Å². The van der Waals surface area contributed by atoms with Crippen LogP contribution in [0, 0.1) is 6.92 Å². The van der Waals surface area contributed by atoms with Crippen LogP contribution < -0.4 is 15.1 Å². The molecule has 0 aliphatic carbocycles. The van der Waals surface area contributed by atoms with Crippen LogP contribution in [0.5, 0.6) is 11.5 Å². The highest BCUT2D eigenvalue weighted by atomic mass is 35.5. The highest BCUT2D eigenvalue weighted by Crippen LogP contribution is 2.31. The second-order valence-corrected chi connectivity index (χ2v) is 5.57. The molecule has 3 aromatic rings. The fourth-order valence-electron chi connectivity index (χ4n) is 2.35. The average molecular weight is 331 g/mol. The van der Waals surface area contributed by atoms with E-state index in [-0.39, 0.29) is 0 Å². The molecular formula is C18H15ClO4. The van der Waals surface area contributed by atoms with Crippen molar-refractivity contribution in [1.29, 1.82) is 0 Å². The first-order valence-electron chi connectivity index (χ1n) is 7.06. The third-order valence-electron chi connectivity index (χ3n) is 3.53. The van der Waals surface area contributed by atoms with Gasteiger partial charge in [0, 0.05) is 17.5 Å². The number of aryl methyl sites for hydroxylation is 1. The SMILES string of the molecule is COc1cccc(COc2cc3oc(=O)cc(C)c3cc2Cl)c1. The molecule has 1 heterocycles. The topological polar surface area (TPSA) is 48.7 Å². The lowest BCUT2D eigenvalue weighted by molar-refractivity contribution is 0.305. The molecule has 0 aliphatic rings. The van der Waals surface area contributed by atoms with Gasteiger partial charge in [0.25, 0.3) is 0 Å². The van der Waals surface area contributed by atoms with Gasteiger partial charge in [-0.3, -0.25) is 0 Å². The maximum atomic E-state index is 11.5. The lowest BCUT2D eigenvalue weighted by Gasteiger charge is -2.10. The molecule has 23 heavy (non-hydrogen) atoms. The van der Waals surface area contributed by atoms with Crippen molar-refractivity contribution in [3.05, 3.63) is 69.0 Å². The smallest absolute Gasteiger partial charge is 0.336 e. The highest BCUT2D eigenvalue weighted by molar-refractivity contribution is 6.32. The molecule has 0 amide bonds. The van der Waals surface area contributed by atoms with E-state index in [0.717, 1.165) is 22.3 Å². The minimum absolute atomic E-state index is 0.332. The van der Waals surface area contributed by atoms with Gasteiger partial charge in [0.1, 0.15) is 23.7 Å². The van der Waals surface area contributed by atoms with Crippen LogP contribution in [0.25, 0.3) is 11.0 Å². The van der Waals surface area contributed by atoms with Gasteiger partial charge in [-0.15, -0.1) is 0 Å².